The largest absolute Gasteiger partial charge is 0.481 e. The third-order valence-electron chi connectivity index (χ3n) is 1.80. The number of hydrogen-bond donors (Lipinski definition) is 1. The van der Waals surface area contributed by atoms with Crippen LogP contribution in [0.1, 0.15) is 13.8 Å². The van der Waals surface area contributed by atoms with E-state index < -0.39 is 24.6 Å². The zero-order valence-corrected chi connectivity index (χ0v) is 8.14. The standard InChI is InChI=1S/C8H14F3NO2/c1-3-12(5-8(9,10)11)4-6(2)7(13)14/h6H,3-5H2,1-2H3,(H,13,14). The van der Waals surface area contributed by atoms with Crippen LogP contribution in [-0.4, -0.2) is 41.8 Å². The first-order valence-corrected chi connectivity index (χ1v) is 4.28. The normalized spacial score (nSPS) is 14.4. The highest BCUT2D eigenvalue weighted by Gasteiger charge is 2.31. The molecule has 0 aromatic rings. The van der Waals surface area contributed by atoms with Gasteiger partial charge in [-0.05, 0) is 6.54 Å². The highest BCUT2D eigenvalue weighted by Crippen LogP contribution is 2.17. The van der Waals surface area contributed by atoms with Crippen molar-refractivity contribution < 1.29 is 23.1 Å². The molecule has 0 saturated heterocycles. The minimum Gasteiger partial charge on any atom is -0.481 e. The predicted octanol–water partition coefficient (Wildman–Crippen LogP) is 1.59. The van der Waals surface area contributed by atoms with Gasteiger partial charge < -0.3 is 5.11 Å². The lowest BCUT2D eigenvalue weighted by atomic mass is 10.1. The number of hydrogen-bond acceptors (Lipinski definition) is 2. The van der Waals surface area contributed by atoms with Crippen molar-refractivity contribution in [1.82, 2.24) is 4.90 Å². The molecule has 1 N–H and O–H groups in total. The molecule has 0 rings (SSSR count). The van der Waals surface area contributed by atoms with E-state index in [4.69, 9.17) is 5.11 Å². The van der Waals surface area contributed by atoms with Crippen molar-refractivity contribution in [2.75, 3.05) is 19.6 Å². The molecule has 0 aliphatic heterocycles. The number of carboxylic acid groups (broad SMARTS) is 1. The second kappa shape index (κ2) is 5.19. The molecule has 0 bridgehead atoms. The minimum atomic E-state index is -4.27. The van der Waals surface area contributed by atoms with Crippen molar-refractivity contribution in [1.29, 1.82) is 0 Å². The minimum absolute atomic E-state index is 0.0780. The van der Waals surface area contributed by atoms with Crippen molar-refractivity contribution in [3.05, 3.63) is 0 Å². The Labute approximate surface area is 80.5 Å². The Morgan fingerprint density at radius 3 is 2.29 bits per heavy atom. The first-order chi connectivity index (χ1) is 6.26. The van der Waals surface area contributed by atoms with E-state index in [0.717, 1.165) is 4.90 Å². The average Bonchev–Trinajstić information content (AvgIpc) is 2.00. The maximum absolute atomic E-state index is 12.0. The molecule has 0 amide bonds. The number of carboxylic acids is 1. The molecule has 0 fully saturated rings. The first kappa shape index (κ1) is 13.2. The summed E-state index contributed by atoms with van der Waals surface area (Å²) in [6.07, 6.45) is -4.27. The molecule has 14 heavy (non-hydrogen) atoms. The molecule has 0 saturated carbocycles. The number of alkyl halides is 3. The third-order valence-corrected chi connectivity index (χ3v) is 1.80. The van der Waals surface area contributed by atoms with Crippen molar-refractivity contribution in [3.63, 3.8) is 0 Å². The van der Waals surface area contributed by atoms with Gasteiger partial charge >= 0.3 is 12.1 Å². The summed E-state index contributed by atoms with van der Waals surface area (Å²) in [6, 6.07) is 0. The smallest absolute Gasteiger partial charge is 0.401 e. The zero-order chi connectivity index (χ0) is 11.4. The predicted molar refractivity (Wildman–Crippen MR) is 45.0 cm³/mol. The summed E-state index contributed by atoms with van der Waals surface area (Å²) >= 11 is 0. The average molecular weight is 213 g/mol. The van der Waals surface area contributed by atoms with Crippen molar-refractivity contribution in [2.24, 2.45) is 5.92 Å². The summed E-state index contributed by atoms with van der Waals surface area (Å²) in [4.78, 5) is 11.5. The molecule has 84 valence electrons. The molecule has 0 aliphatic rings. The van der Waals surface area contributed by atoms with Gasteiger partial charge in [0, 0.05) is 6.54 Å². The van der Waals surface area contributed by atoms with Crippen LogP contribution in [-0.2, 0) is 4.79 Å². The van der Waals surface area contributed by atoms with E-state index in [1.807, 2.05) is 0 Å². The Balaban J connectivity index is 4.10. The number of nitrogens with zero attached hydrogens (tertiary/aromatic N) is 1. The van der Waals surface area contributed by atoms with Crippen molar-refractivity contribution >= 4 is 5.97 Å². The van der Waals surface area contributed by atoms with Gasteiger partial charge in [-0.3, -0.25) is 9.69 Å². The SMILES string of the molecule is CCN(CC(C)C(=O)O)CC(F)(F)F. The highest BCUT2D eigenvalue weighted by atomic mass is 19.4. The van der Waals surface area contributed by atoms with Crippen LogP contribution in [0, 0.1) is 5.92 Å². The number of rotatable bonds is 5. The third kappa shape index (κ3) is 5.80. The van der Waals surface area contributed by atoms with Crippen LogP contribution in [0.2, 0.25) is 0 Å². The van der Waals surface area contributed by atoms with Gasteiger partial charge in [-0.25, -0.2) is 0 Å². The van der Waals surface area contributed by atoms with E-state index >= 15 is 0 Å². The zero-order valence-electron chi connectivity index (χ0n) is 8.14. The number of halogens is 3. The topological polar surface area (TPSA) is 40.5 Å². The molecule has 0 aromatic carbocycles. The quantitative estimate of drug-likeness (QED) is 0.754. The molecular weight excluding hydrogens is 199 g/mol. The fourth-order valence-corrected chi connectivity index (χ4v) is 1.02. The molecule has 0 radical (unpaired) electrons. The van der Waals surface area contributed by atoms with Gasteiger partial charge in [0.2, 0.25) is 0 Å². The molecule has 1 unspecified atom stereocenters. The van der Waals surface area contributed by atoms with Gasteiger partial charge in [0.15, 0.2) is 0 Å². The Bertz CT molecular complexity index is 194. The van der Waals surface area contributed by atoms with Crippen LogP contribution < -0.4 is 0 Å². The molecule has 0 aromatic heterocycles. The molecule has 0 aliphatic carbocycles. The molecule has 3 nitrogen and oxygen atoms in total. The summed E-state index contributed by atoms with van der Waals surface area (Å²) in [5, 5.41) is 8.52. The lowest BCUT2D eigenvalue weighted by Crippen LogP contribution is -2.38. The summed E-state index contributed by atoms with van der Waals surface area (Å²) in [5.41, 5.74) is 0. The van der Waals surface area contributed by atoms with E-state index in [-0.39, 0.29) is 13.1 Å². The molecule has 6 heteroatoms. The molecule has 1 atom stereocenters. The summed E-state index contributed by atoms with van der Waals surface area (Å²) in [6.45, 7) is 2.02. The van der Waals surface area contributed by atoms with Gasteiger partial charge in [0.05, 0.1) is 12.5 Å². The fourth-order valence-electron chi connectivity index (χ4n) is 1.02. The van der Waals surface area contributed by atoms with Gasteiger partial charge in [-0.15, -0.1) is 0 Å². The van der Waals surface area contributed by atoms with Crippen LogP contribution in [0.3, 0.4) is 0 Å². The fraction of sp³-hybridized carbons (Fsp3) is 0.875. The monoisotopic (exact) mass is 213 g/mol. The maximum Gasteiger partial charge on any atom is 0.401 e. The van der Waals surface area contributed by atoms with Gasteiger partial charge in [-0.1, -0.05) is 13.8 Å². The molecule has 0 spiro atoms. The molecular formula is C8H14F3NO2. The van der Waals surface area contributed by atoms with Crippen LogP contribution in [0.5, 0.6) is 0 Å². The van der Waals surface area contributed by atoms with Gasteiger partial charge in [-0.2, -0.15) is 13.2 Å². The van der Waals surface area contributed by atoms with E-state index in [1.165, 1.54) is 6.92 Å². The summed E-state index contributed by atoms with van der Waals surface area (Å²) < 4.78 is 35.9. The van der Waals surface area contributed by atoms with Crippen LogP contribution >= 0.6 is 0 Å². The van der Waals surface area contributed by atoms with Crippen molar-refractivity contribution in [2.45, 2.75) is 20.0 Å². The second-order valence-electron chi connectivity index (χ2n) is 3.18. The Morgan fingerprint density at radius 1 is 1.50 bits per heavy atom. The lowest BCUT2D eigenvalue weighted by Gasteiger charge is -2.23. The highest BCUT2D eigenvalue weighted by molar-refractivity contribution is 5.69. The van der Waals surface area contributed by atoms with Gasteiger partial charge in [0.25, 0.3) is 0 Å². The van der Waals surface area contributed by atoms with Crippen LogP contribution in [0.4, 0.5) is 13.2 Å². The van der Waals surface area contributed by atoms with E-state index in [0.29, 0.717) is 0 Å². The number of aliphatic carboxylic acids is 1. The van der Waals surface area contributed by atoms with E-state index in [1.54, 1.807) is 6.92 Å². The summed E-state index contributed by atoms with van der Waals surface area (Å²) in [7, 11) is 0. The summed E-state index contributed by atoms with van der Waals surface area (Å²) in [5.74, 6) is -1.86. The Morgan fingerprint density at radius 2 is 2.00 bits per heavy atom. The Kier molecular flexibility index (Phi) is 4.90. The van der Waals surface area contributed by atoms with E-state index in [2.05, 4.69) is 0 Å². The van der Waals surface area contributed by atoms with Crippen molar-refractivity contribution in [3.8, 4) is 0 Å². The first-order valence-electron chi connectivity index (χ1n) is 4.28. The second-order valence-corrected chi connectivity index (χ2v) is 3.18. The maximum atomic E-state index is 12.0. The van der Waals surface area contributed by atoms with E-state index in [9.17, 15) is 18.0 Å². The van der Waals surface area contributed by atoms with Gasteiger partial charge in [0.1, 0.15) is 0 Å². The molecule has 0 heterocycles. The Hall–Kier alpha value is -0.780. The van der Waals surface area contributed by atoms with Crippen LogP contribution in [0.25, 0.3) is 0 Å². The lowest BCUT2D eigenvalue weighted by molar-refractivity contribution is -0.152. The number of carbonyl (C=O) groups is 1. The van der Waals surface area contributed by atoms with Crippen LogP contribution in [0.15, 0.2) is 0 Å².